The summed E-state index contributed by atoms with van der Waals surface area (Å²) in [6.07, 6.45) is 6.51. The number of ether oxygens (including phenoxy) is 1. The number of nitrogens with one attached hydrogen (secondary N) is 1. The Balaban J connectivity index is 1.77. The van der Waals surface area contributed by atoms with Crippen molar-refractivity contribution in [1.82, 2.24) is 20.2 Å². The fourth-order valence-corrected chi connectivity index (χ4v) is 2.08. The van der Waals surface area contributed by atoms with E-state index in [9.17, 15) is 0 Å². The average Bonchev–Trinajstić information content (AvgIpc) is 3.16. The molecule has 0 spiro atoms. The molecule has 0 saturated heterocycles. The Morgan fingerprint density at radius 2 is 1.84 bits per heavy atom. The van der Waals surface area contributed by atoms with Crippen LogP contribution in [-0.4, -0.2) is 21.4 Å². The minimum Gasteiger partial charge on any atom is -0.457 e. The second-order valence-electron chi connectivity index (χ2n) is 5.06. The van der Waals surface area contributed by atoms with Crippen molar-refractivity contribution in [2.75, 3.05) is 6.61 Å². The van der Waals surface area contributed by atoms with Crippen molar-refractivity contribution in [3.63, 3.8) is 0 Å². The van der Waals surface area contributed by atoms with Gasteiger partial charge in [-0.05, 0) is 36.4 Å². The molecule has 0 amide bonds. The van der Waals surface area contributed by atoms with Crippen LogP contribution in [0.1, 0.15) is 5.56 Å². The quantitative estimate of drug-likeness (QED) is 0.386. The Morgan fingerprint density at radius 1 is 1.08 bits per heavy atom. The number of benzene rings is 2. The molecular formula is C19H18N4O2. The first-order chi connectivity index (χ1) is 12.3. The van der Waals surface area contributed by atoms with E-state index in [2.05, 4.69) is 22.1 Å². The molecule has 0 saturated carbocycles. The van der Waals surface area contributed by atoms with Crippen LogP contribution in [0.25, 0.3) is 11.9 Å². The largest absolute Gasteiger partial charge is 0.457 e. The van der Waals surface area contributed by atoms with Gasteiger partial charge in [0.2, 0.25) is 0 Å². The van der Waals surface area contributed by atoms with E-state index >= 15 is 0 Å². The van der Waals surface area contributed by atoms with Gasteiger partial charge in [-0.2, -0.15) is 5.10 Å². The van der Waals surface area contributed by atoms with Gasteiger partial charge in [0.1, 0.15) is 24.2 Å². The zero-order chi connectivity index (χ0) is 17.3. The van der Waals surface area contributed by atoms with Gasteiger partial charge < -0.3 is 4.74 Å². The summed E-state index contributed by atoms with van der Waals surface area (Å²) in [5, 5.41) is 4.07. The predicted molar refractivity (Wildman–Crippen MR) is 96.4 cm³/mol. The third-order valence-corrected chi connectivity index (χ3v) is 3.23. The van der Waals surface area contributed by atoms with Gasteiger partial charge >= 0.3 is 0 Å². The highest BCUT2D eigenvalue weighted by atomic mass is 16.6. The minimum absolute atomic E-state index is 0.379. The molecule has 126 valence electrons. The van der Waals surface area contributed by atoms with Crippen LogP contribution >= 0.6 is 0 Å². The standard InChI is InChI=1S/C19H18N4O2/c1-2-12-24-22-19(13-23-15-20-14-21-23)16-8-10-18(11-9-16)25-17-6-4-3-5-7-17/h2-11,13-15,22H,1,12H2. The first-order valence-electron chi connectivity index (χ1n) is 7.73. The van der Waals surface area contributed by atoms with Crippen LogP contribution in [0.4, 0.5) is 0 Å². The van der Waals surface area contributed by atoms with Gasteiger partial charge in [0.15, 0.2) is 0 Å². The lowest BCUT2D eigenvalue weighted by atomic mass is 10.1. The van der Waals surface area contributed by atoms with Gasteiger partial charge in [0.05, 0.1) is 18.5 Å². The molecule has 6 nitrogen and oxygen atoms in total. The molecule has 1 N–H and O–H groups in total. The normalized spacial score (nSPS) is 11.1. The van der Waals surface area contributed by atoms with Gasteiger partial charge in [-0.1, -0.05) is 24.3 Å². The molecule has 2 aromatic carbocycles. The van der Waals surface area contributed by atoms with E-state index in [0.29, 0.717) is 6.61 Å². The maximum atomic E-state index is 5.81. The van der Waals surface area contributed by atoms with Crippen molar-refractivity contribution >= 4 is 11.9 Å². The Bertz CT molecular complexity index is 812. The molecule has 0 aliphatic carbocycles. The monoisotopic (exact) mass is 334 g/mol. The molecule has 0 unspecified atom stereocenters. The zero-order valence-electron chi connectivity index (χ0n) is 13.6. The lowest BCUT2D eigenvalue weighted by Gasteiger charge is -2.11. The zero-order valence-corrected chi connectivity index (χ0v) is 13.6. The van der Waals surface area contributed by atoms with Crippen LogP contribution in [0.3, 0.4) is 0 Å². The smallest absolute Gasteiger partial charge is 0.138 e. The number of nitrogens with zero attached hydrogens (tertiary/aromatic N) is 3. The lowest BCUT2D eigenvalue weighted by molar-refractivity contribution is 0.104. The van der Waals surface area contributed by atoms with Crippen LogP contribution in [0, 0.1) is 0 Å². The van der Waals surface area contributed by atoms with Crippen molar-refractivity contribution < 1.29 is 9.57 Å². The van der Waals surface area contributed by atoms with E-state index in [1.165, 1.54) is 6.33 Å². The molecule has 0 fully saturated rings. The molecule has 0 atom stereocenters. The summed E-state index contributed by atoms with van der Waals surface area (Å²) in [6.45, 7) is 4.01. The maximum absolute atomic E-state index is 5.81. The highest BCUT2D eigenvalue weighted by Crippen LogP contribution is 2.23. The number of hydrogen-bond donors (Lipinski definition) is 1. The molecule has 0 aliphatic rings. The molecular weight excluding hydrogens is 316 g/mol. The van der Waals surface area contributed by atoms with Crippen molar-refractivity contribution in [2.45, 2.75) is 0 Å². The molecule has 1 aromatic heterocycles. The second-order valence-corrected chi connectivity index (χ2v) is 5.06. The molecule has 0 radical (unpaired) electrons. The van der Waals surface area contributed by atoms with Crippen molar-refractivity contribution in [3.05, 3.63) is 85.5 Å². The number of para-hydroxylation sites is 1. The van der Waals surface area contributed by atoms with E-state index in [-0.39, 0.29) is 0 Å². The molecule has 3 aromatic rings. The fourth-order valence-electron chi connectivity index (χ4n) is 2.08. The number of hydroxylamine groups is 1. The van der Waals surface area contributed by atoms with Crippen molar-refractivity contribution in [1.29, 1.82) is 0 Å². The molecule has 3 rings (SSSR count). The lowest BCUT2D eigenvalue weighted by Crippen LogP contribution is -2.14. The first-order valence-corrected chi connectivity index (χ1v) is 7.73. The minimum atomic E-state index is 0.379. The topological polar surface area (TPSA) is 61.2 Å². The second kappa shape index (κ2) is 8.47. The highest BCUT2D eigenvalue weighted by molar-refractivity contribution is 5.73. The molecule has 6 heteroatoms. The van der Waals surface area contributed by atoms with Gasteiger partial charge in [-0.3, -0.25) is 10.3 Å². The van der Waals surface area contributed by atoms with Crippen LogP contribution < -0.4 is 10.2 Å². The Kier molecular flexibility index (Phi) is 5.58. The molecule has 0 bridgehead atoms. The van der Waals surface area contributed by atoms with E-state index in [1.807, 2.05) is 54.6 Å². The van der Waals surface area contributed by atoms with Gasteiger partial charge in [0, 0.05) is 5.56 Å². The van der Waals surface area contributed by atoms with Crippen LogP contribution in [0.15, 0.2) is 79.9 Å². The summed E-state index contributed by atoms with van der Waals surface area (Å²) in [7, 11) is 0. The summed E-state index contributed by atoms with van der Waals surface area (Å²) in [5.74, 6) is 1.54. The number of hydrogen-bond acceptors (Lipinski definition) is 5. The summed E-state index contributed by atoms with van der Waals surface area (Å²) < 4.78 is 7.40. The number of aromatic nitrogens is 3. The van der Waals surface area contributed by atoms with E-state index in [4.69, 9.17) is 9.57 Å². The fraction of sp³-hybridized carbons (Fsp3) is 0.0526. The molecule has 25 heavy (non-hydrogen) atoms. The van der Waals surface area contributed by atoms with E-state index in [0.717, 1.165) is 22.8 Å². The number of rotatable bonds is 8. The Hall–Kier alpha value is -3.38. The third-order valence-electron chi connectivity index (χ3n) is 3.23. The summed E-state index contributed by atoms with van der Waals surface area (Å²) in [4.78, 5) is 9.27. The van der Waals surface area contributed by atoms with Crippen LogP contribution in [0.2, 0.25) is 0 Å². The third kappa shape index (κ3) is 4.79. The van der Waals surface area contributed by atoms with E-state index < -0.39 is 0 Å². The molecule has 1 heterocycles. The van der Waals surface area contributed by atoms with Crippen molar-refractivity contribution in [2.24, 2.45) is 0 Å². The highest BCUT2D eigenvalue weighted by Gasteiger charge is 2.04. The Morgan fingerprint density at radius 3 is 2.52 bits per heavy atom. The van der Waals surface area contributed by atoms with Gasteiger partial charge in [-0.25, -0.2) is 9.67 Å². The van der Waals surface area contributed by atoms with Gasteiger partial charge in [0.25, 0.3) is 0 Å². The summed E-state index contributed by atoms with van der Waals surface area (Å²) in [6, 6.07) is 17.3. The van der Waals surface area contributed by atoms with Crippen LogP contribution in [-0.2, 0) is 4.84 Å². The Labute approximate surface area is 146 Å². The first kappa shape index (κ1) is 16.5. The van der Waals surface area contributed by atoms with E-state index in [1.54, 1.807) is 23.3 Å². The maximum Gasteiger partial charge on any atom is 0.138 e. The average molecular weight is 334 g/mol. The van der Waals surface area contributed by atoms with Crippen LogP contribution in [0.5, 0.6) is 11.5 Å². The van der Waals surface area contributed by atoms with Gasteiger partial charge in [-0.15, -0.1) is 6.58 Å². The summed E-state index contributed by atoms with van der Waals surface area (Å²) >= 11 is 0. The SMILES string of the molecule is C=CCONC(=Cn1cncn1)c1ccc(Oc2ccccc2)cc1. The predicted octanol–water partition coefficient (Wildman–Crippen LogP) is 3.73. The van der Waals surface area contributed by atoms with Crippen molar-refractivity contribution in [3.8, 4) is 11.5 Å². The summed E-state index contributed by atoms with van der Waals surface area (Å²) in [5.41, 5.74) is 4.56. The molecule has 0 aliphatic heterocycles.